The fraction of sp³-hybridized carbons (Fsp3) is 0.227. The largest absolute Gasteiger partial charge is 0.397 e. The summed E-state index contributed by atoms with van der Waals surface area (Å²) in [5, 5.41) is 19.8. The maximum Gasteiger partial charge on any atom is 0.246 e. The molecule has 0 saturated carbocycles. The maximum absolute atomic E-state index is 12.2. The van der Waals surface area contributed by atoms with Gasteiger partial charge in [-0.15, -0.1) is 0 Å². The lowest BCUT2D eigenvalue weighted by Gasteiger charge is -2.17. The molecule has 2 rings (SSSR count). The number of benzene rings is 2. The Hall–Kier alpha value is -2.32. The predicted molar refractivity (Wildman–Crippen MR) is 131 cm³/mol. The van der Waals surface area contributed by atoms with Crippen LogP contribution < -0.4 is 16.8 Å². The molecule has 0 aliphatic carbocycles. The highest BCUT2D eigenvalue weighted by molar-refractivity contribution is 8.15. The number of hydrogen-bond acceptors (Lipinski definition) is 6. The first-order valence-electron chi connectivity index (χ1n) is 9.62. The van der Waals surface area contributed by atoms with Gasteiger partial charge < -0.3 is 16.8 Å². The van der Waals surface area contributed by atoms with Crippen LogP contribution in [0.15, 0.2) is 65.2 Å². The number of thioether (sulfide) groups is 1. The first-order chi connectivity index (χ1) is 14.8. The van der Waals surface area contributed by atoms with Crippen molar-refractivity contribution in [3.8, 4) is 0 Å². The number of allylic oxidation sites excluding steroid dienone is 1. The summed E-state index contributed by atoms with van der Waals surface area (Å²) in [5.41, 5.74) is 12.3. The van der Waals surface area contributed by atoms with Gasteiger partial charge in [0.05, 0.1) is 15.7 Å². The van der Waals surface area contributed by atoms with Crippen LogP contribution in [-0.4, -0.2) is 29.8 Å². The van der Waals surface area contributed by atoms with Crippen LogP contribution >= 0.6 is 35.0 Å². The molecule has 0 bridgehead atoms. The monoisotopic (exact) mass is 477 g/mol. The third-order valence-corrected chi connectivity index (χ3v) is 6.14. The zero-order valence-corrected chi connectivity index (χ0v) is 19.2. The second kappa shape index (κ2) is 12.5. The minimum atomic E-state index is -0.416. The Morgan fingerprint density at radius 1 is 1.10 bits per heavy atom. The number of hydrogen-bond donors (Lipinski definition) is 5. The van der Waals surface area contributed by atoms with Crippen molar-refractivity contribution >= 4 is 51.6 Å². The predicted octanol–water partition coefficient (Wildman–Crippen LogP) is 4.56. The van der Waals surface area contributed by atoms with Crippen molar-refractivity contribution in [1.29, 1.82) is 10.8 Å². The average molecular weight is 478 g/mol. The summed E-state index contributed by atoms with van der Waals surface area (Å²) in [5.74, 6) is -0.296. The van der Waals surface area contributed by atoms with Gasteiger partial charge in [-0.1, -0.05) is 59.2 Å². The molecule has 1 amide bonds. The minimum absolute atomic E-state index is 0.0321. The Kier molecular flexibility index (Phi) is 10.1. The highest BCUT2D eigenvalue weighted by Gasteiger charge is 2.14. The zero-order chi connectivity index (χ0) is 22.8. The van der Waals surface area contributed by atoms with Gasteiger partial charge in [-0.05, 0) is 55.1 Å². The second-order valence-electron chi connectivity index (χ2n) is 6.75. The van der Waals surface area contributed by atoms with Crippen molar-refractivity contribution in [3.63, 3.8) is 0 Å². The van der Waals surface area contributed by atoms with Gasteiger partial charge in [-0.2, -0.15) is 0 Å². The highest BCUT2D eigenvalue weighted by atomic mass is 35.5. The normalized spacial score (nSPS) is 12.3. The first kappa shape index (κ1) is 24.9. The SMILES string of the molecule is N=C(Sc1ccccc1)C(=N)/C(N)=C\C(=O)NCCC(CCN)c1ccc(Cl)c(Cl)c1. The van der Waals surface area contributed by atoms with Gasteiger partial charge in [0, 0.05) is 17.5 Å². The first-order valence-corrected chi connectivity index (χ1v) is 11.2. The lowest BCUT2D eigenvalue weighted by molar-refractivity contribution is -0.116. The minimum Gasteiger partial charge on any atom is -0.397 e. The number of amides is 1. The second-order valence-corrected chi connectivity index (χ2v) is 8.64. The average Bonchev–Trinajstić information content (AvgIpc) is 2.75. The van der Waals surface area contributed by atoms with Crippen LogP contribution in [0.1, 0.15) is 24.3 Å². The van der Waals surface area contributed by atoms with Crippen molar-refractivity contribution < 1.29 is 4.79 Å². The van der Waals surface area contributed by atoms with E-state index in [1.54, 1.807) is 6.07 Å². The maximum atomic E-state index is 12.2. The third kappa shape index (κ3) is 8.03. The van der Waals surface area contributed by atoms with Gasteiger partial charge in [0.1, 0.15) is 10.8 Å². The van der Waals surface area contributed by atoms with E-state index in [2.05, 4.69) is 5.32 Å². The molecule has 0 aliphatic heterocycles. The number of carbonyl (C=O) groups excluding carboxylic acids is 1. The fourth-order valence-corrected chi connectivity index (χ4v) is 3.92. The summed E-state index contributed by atoms with van der Waals surface area (Å²) in [6, 6.07) is 14.7. The molecule has 0 aromatic heterocycles. The quantitative estimate of drug-likeness (QED) is 0.148. The number of halogens is 2. The lowest BCUT2D eigenvalue weighted by Crippen LogP contribution is -2.27. The molecular formula is C22H25Cl2N5OS. The number of carbonyl (C=O) groups is 1. The van der Waals surface area contributed by atoms with E-state index in [9.17, 15) is 4.79 Å². The van der Waals surface area contributed by atoms with Crippen LogP contribution in [0.25, 0.3) is 0 Å². The summed E-state index contributed by atoms with van der Waals surface area (Å²) >= 11 is 13.2. The molecule has 164 valence electrons. The molecule has 1 unspecified atom stereocenters. The molecule has 7 N–H and O–H groups in total. The molecule has 6 nitrogen and oxygen atoms in total. The summed E-state index contributed by atoms with van der Waals surface area (Å²) in [6.07, 6.45) is 2.54. The molecule has 0 saturated heterocycles. The topological polar surface area (TPSA) is 129 Å². The molecule has 0 aliphatic rings. The van der Waals surface area contributed by atoms with E-state index >= 15 is 0 Å². The molecule has 0 radical (unpaired) electrons. The van der Waals surface area contributed by atoms with E-state index in [-0.39, 0.29) is 22.4 Å². The van der Waals surface area contributed by atoms with Gasteiger partial charge in [0.15, 0.2) is 0 Å². The molecule has 0 heterocycles. The van der Waals surface area contributed by atoms with Gasteiger partial charge in [-0.25, -0.2) is 0 Å². The van der Waals surface area contributed by atoms with Gasteiger partial charge in [0.2, 0.25) is 5.91 Å². The molecular weight excluding hydrogens is 453 g/mol. The number of rotatable bonds is 10. The summed E-state index contributed by atoms with van der Waals surface area (Å²) in [7, 11) is 0. The van der Waals surface area contributed by atoms with E-state index in [4.69, 9.17) is 45.5 Å². The van der Waals surface area contributed by atoms with Gasteiger partial charge in [0.25, 0.3) is 0 Å². The Morgan fingerprint density at radius 3 is 2.45 bits per heavy atom. The Labute approximate surface area is 196 Å². The van der Waals surface area contributed by atoms with Crippen molar-refractivity contribution in [3.05, 3.63) is 75.9 Å². The van der Waals surface area contributed by atoms with E-state index < -0.39 is 5.91 Å². The Bertz CT molecular complexity index is 966. The van der Waals surface area contributed by atoms with Crippen molar-refractivity contribution in [2.45, 2.75) is 23.7 Å². The van der Waals surface area contributed by atoms with Crippen LogP contribution in [0, 0.1) is 10.8 Å². The zero-order valence-electron chi connectivity index (χ0n) is 16.8. The summed E-state index contributed by atoms with van der Waals surface area (Å²) in [4.78, 5) is 13.0. The van der Waals surface area contributed by atoms with Gasteiger partial charge in [-0.3, -0.25) is 15.6 Å². The Morgan fingerprint density at radius 2 is 1.81 bits per heavy atom. The van der Waals surface area contributed by atoms with E-state index in [0.29, 0.717) is 29.6 Å². The molecule has 31 heavy (non-hydrogen) atoms. The van der Waals surface area contributed by atoms with Gasteiger partial charge >= 0.3 is 0 Å². The Balaban J connectivity index is 1.89. The van der Waals surface area contributed by atoms with E-state index in [0.717, 1.165) is 34.7 Å². The molecule has 9 heteroatoms. The summed E-state index contributed by atoms with van der Waals surface area (Å²) < 4.78 is 0. The number of nitrogens with two attached hydrogens (primary N) is 2. The molecule has 0 spiro atoms. The third-order valence-electron chi connectivity index (χ3n) is 4.49. The van der Waals surface area contributed by atoms with Crippen LogP contribution in [0.5, 0.6) is 0 Å². The lowest BCUT2D eigenvalue weighted by atomic mass is 9.92. The van der Waals surface area contributed by atoms with E-state index in [1.807, 2.05) is 42.5 Å². The molecule has 2 aromatic carbocycles. The van der Waals surface area contributed by atoms with E-state index in [1.165, 1.54) is 0 Å². The molecule has 2 aromatic rings. The molecule has 1 atom stereocenters. The standard InChI is InChI=1S/C22H25Cl2N5OS/c23-17-7-6-15(12-18(17)24)14(8-10-25)9-11-29-20(30)13-19(26)21(27)22(28)31-16-4-2-1-3-5-16/h1-7,12-14,27-28H,8-11,25-26H2,(H,29,30)/b19-13+,27-21?,28-22?. The van der Waals surface area contributed by atoms with Crippen LogP contribution in [0.3, 0.4) is 0 Å². The highest BCUT2D eigenvalue weighted by Crippen LogP contribution is 2.29. The number of nitrogens with one attached hydrogen (secondary N) is 3. The van der Waals surface area contributed by atoms with Crippen molar-refractivity contribution in [2.24, 2.45) is 11.5 Å². The molecule has 0 fully saturated rings. The van der Waals surface area contributed by atoms with Crippen molar-refractivity contribution in [2.75, 3.05) is 13.1 Å². The smallest absolute Gasteiger partial charge is 0.246 e. The van der Waals surface area contributed by atoms with Crippen LogP contribution in [0.2, 0.25) is 10.0 Å². The summed E-state index contributed by atoms with van der Waals surface area (Å²) in [6.45, 7) is 0.904. The van der Waals surface area contributed by atoms with Crippen LogP contribution in [0.4, 0.5) is 0 Å². The van der Waals surface area contributed by atoms with Crippen LogP contribution in [-0.2, 0) is 4.79 Å². The fourth-order valence-electron chi connectivity index (χ4n) is 2.87. The van der Waals surface area contributed by atoms with Crippen molar-refractivity contribution in [1.82, 2.24) is 5.32 Å².